The van der Waals surface area contributed by atoms with E-state index in [4.69, 9.17) is 0 Å². The normalized spacial score (nSPS) is 23.7. The van der Waals surface area contributed by atoms with E-state index in [0.29, 0.717) is 0 Å². The van der Waals surface area contributed by atoms with Crippen LogP contribution in [0.5, 0.6) is 0 Å². The van der Waals surface area contributed by atoms with Crippen LogP contribution in [0.2, 0.25) is 0 Å². The third-order valence-corrected chi connectivity index (χ3v) is 5.71. The molecule has 1 aromatic rings. The van der Waals surface area contributed by atoms with Gasteiger partial charge < -0.3 is 5.32 Å². The molecule has 0 amide bonds. The Balaban J connectivity index is 1.41. The van der Waals surface area contributed by atoms with Crippen molar-refractivity contribution in [2.75, 3.05) is 26.2 Å². The van der Waals surface area contributed by atoms with Crippen LogP contribution in [0.3, 0.4) is 0 Å². The van der Waals surface area contributed by atoms with Gasteiger partial charge >= 0.3 is 0 Å². The largest absolute Gasteiger partial charge is 0.311 e. The summed E-state index contributed by atoms with van der Waals surface area (Å²) in [4.78, 5) is 2.78. The second kappa shape index (κ2) is 9.39. The zero-order valence-corrected chi connectivity index (χ0v) is 15.3. The molecule has 0 radical (unpaired) electrons. The van der Waals surface area contributed by atoms with Gasteiger partial charge in [0.2, 0.25) is 0 Å². The van der Waals surface area contributed by atoms with Crippen molar-refractivity contribution in [3.8, 4) is 0 Å². The third-order valence-electron chi connectivity index (χ3n) is 5.71. The van der Waals surface area contributed by atoms with Crippen LogP contribution in [-0.4, -0.2) is 37.1 Å². The van der Waals surface area contributed by atoms with Crippen LogP contribution in [-0.2, 0) is 0 Å². The standard InChI is InChI=1S/C22H34N2/c1-19(15-20-9-4-2-5-10-20)16-23-17-22-13-8-14-24(22)18-21-11-6-3-7-12-21/h2,4-5,9-10,15,21-23H,3,6-8,11-14,16-18H2,1H3. The van der Waals surface area contributed by atoms with Gasteiger partial charge in [-0.2, -0.15) is 0 Å². The van der Waals surface area contributed by atoms with Gasteiger partial charge in [0.1, 0.15) is 0 Å². The molecule has 0 bridgehead atoms. The van der Waals surface area contributed by atoms with Crippen LogP contribution in [0.4, 0.5) is 0 Å². The van der Waals surface area contributed by atoms with Crippen molar-refractivity contribution in [2.24, 2.45) is 5.92 Å². The Bertz CT molecular complexity index is 502. The Hall–Kier alpha value is -1.12. The topological polar surface area (TPSA) is 15.3 Å². The lowest BCUT2D eigenvalue weighted by molar-refractivity contribution is 0.185. The predicted octanol–water partition coefficient (Wildman–Crippen LogP) is 4.72. The molecule has 132 valence electrons. The fraction of sp³-hybridized carbons (Fsp3) is 0.636. The molecule has 1 N–H and O–H groups in total. The Morgan fingerprint density at radius 1 is 1.08 bits per heavy atom. The molecule has 2 heteroatoms. The number of hydrogen-bond acceptors (Lipinski definition) is 2. The van der Waals surface area contributed by atoms with E-state index in [9.17, 15) is 0 Å². The molecule has 1 heterocycles. The quantitative estimate of drug-likeness (QED) is 0.779. The van der Waals surface area contributed by atoms with Gasteiger partial charge in [-0.05, 0) is 50.6 Å². The minimum atomic E-state index is 0.761. The fourth-order valence-electron chi connectivity index (χ4n) is 4.39. The van der Waals surface area contributed by atoms with Crippen LogP contribution in [0.15, 0.2) is 35.9 Å². The number of benzene rings is 1. The lowest BCUT2D eigenvalue weighted by Gasteiger charge is -2.31. The Labute approximate surface area is 148 Å². The summed E-state index contributed by atoms with van der Waals surface area (Å²) in [6.45, 7) is 7.05. The number of rotatable bonds is 7. The van der Waals surface area contributed by atoms with Crippen LogP contribution < -0.4 is 5.32 Å². The Kier molecular flexibility index (Phi) is 6.92. The van der Waals surface area contributed by atoms with Crippen molar-refractivity contribution >= 4 is 6.08 Å². The first-order valence-corrected chi connectivity index (χ1v) is 9.98. The van der Waals surface area contributed by atoms with Gasteiger partial charge in [-0.15, -0.1) is 0 Å². The molecular weight excluding hydrogens is 292 g/mol. The molecule has 0 spiro atoms. The van der Waals surface area contributed by atoms with Crippen molar-refractivity contribution in [2.45, 2.75) is 57.9 Å². The summed E-state index contributed by atoms with van der Waals surface area (Å²) in [7, 11) is 0. The molecule has 1 saturated carbocycles. The molecule has 2 nitrogen and oxygen atoms in total. The molecule has 24 heavy (non-hydrogen) atoms. The zero-order valence-electron chi connectivity index (χ0n) is 15.3. The first-order chi connectivity index (χ1) is 11.8. The van der Waals surface area contributed by atoms with Gasteiger partial charge in [-0.1, -0.05) is 61.2 Å². The van der Waals surface area contributed by atoms with Crippen molar-refractivity contribution in [3.05, 3.63) is 41.5 Å². The third kappa shape index (κ3) is 5.46. The number of hydrogen-bond donors (Lipinski definition) is 1. The van der Waals surface area contributed by atoms with Gasteiger partial charge in [-0.3, -0.25) is 4.90 Å². The van der Waals surface area contributed by atoms with E-state index >= 15 is 0 Å². The summed E-state index contributed by atoms with van der Waals surface area (Å²) in [5, 5.41) is 3.70. The summed E-state index contributed by atoms with van der Waals surface area (Å²) >= 11 is 0. The van der Waals surface area contributed by atoms with E-state index in [1.54, 1.807) is 0 Å². The lowest BCUT2D eigenvalue weighted by atomic mass is 9.89. The van der Waals surface area contributed by atoms with Gasteiger partial charge in [-0.25, -0.2) is 0 Å². The summed E-state index contributed by atoms with van der Waals surface area (Å²) in [6, 6.07) is 11.4. The van der Waals surface area contributed by atoms with Crippen LogP contribution in [0.1, 0.15) is 57.4 Å². The molecule has 1 aliphatic carbocycles. The van der Waals surface area contributed by atoms with E-state index in [1.807, 2.05) is 0 Å². The SMILES string of the molecule is CC(=Cc1ccccc1)CNCC1CCCN1CC1CCCCC1. The monoisotopic (exact) mass is 326 g/mol. The van der Waals surface area contributed by atoms with Crippen molar-refractivity contribution < 1.29 is 0 Å². The predicted molar refractivity (Wildman–Crippen MR) is 104 cm³/mol. The number of likely N-dealkylation sites (tertiary alicyclic amines) is 1. The van der Waals surface area contributed by atoms with Crippen LogP contribution in [0.25, 0.3) is 6.08 Å². The molecule has 1 aromatic carbocycles. The molecule has 2 fully saturated rings. The fourth-order valence-corrected chi connectivity index (χ4v) is 4.39. The number of nitrogens with zero attached hydrogens (tertiary/aromatic N) is 1. The van der Waals surface area contributed by atoms with Gasteiger partial charge in [0.05, 0.1) is 0 Å². The molecule has 1 saturated heterocycles. The second-order valence-corrected chi connectivity index (χ2v) is 7.83. The average Bonchev–Trinajstić information content (AvgIpc) is 3.04. The highest BCUT2D eigenvalue weighted by Gasteiger charge is 2.26. The van der Waals surface area contributed by atoms with Crippen LogP contribution >= 0.6 is 0 Å². The first kappa shape index (κ1) is 17.7. The maximum absolute atomic E-state index is 3.70. The minimum absolute atomic E-state index is 0.761. The molecule has 3 rings (SSSR count). The van der Waals surface area contributed by atoms with Gasteiger partial charge in [0, 0.05) is 25.7 Å². The van der Waals surface area contributed by atoms with E-state index in [2.05, 4.69) is 53.5 Å². The highest BCUT2D eigenvalue weighted by molar-refractivity contribution is 5.52. The highest BCUT2D eigenvalue weighted by Crippen LogP contribution is 2.27. The molecule has 1 atom stereocenters. The summed E-state index contributed by atoms with van der Waals surface area (Å²) in [5.41, 5.74) is 2.72. The second-order valence-electron chi connectivity index (χ2n) is 7.83. The maximum Gasteiger partial charge on any atom is 0.0221 e. The molecular formula is C22H34N2. The zero-order chi connectivity index (χ0) is 16.6. The van der Waals surface area contributed by atoms with E-state index < -0.39 is 0 Å². The van der Waals surface area contributed by atoms with Crippen molar-refractivity contribution in [1.82, 2.24) is 10.2 Å². The molecule has 1 unspecified atom stereocenters. The maximum atomic E-state index is 3.70. The van der Waals surface area contributed by atoms with Crippen molar-refractivity contribution in [1.29, 1.82) is 0 Å². The van der Waals surface area contributed by atoms with Gasteiger partial charge in [0.25, 0.3) is 0 Å². The summed E-state index contributed by atoms with van der Waals surface area (Å²) in [5.74, 6) is 0.971. The average molecular weight is 327 g/mol. The van der Waals surface area contributed by atoms with E-state index in [-0.39, 0.29) is 0 Å². The van der Waals surface area contributed by atoms with Crippen molar-refractivity contribution in [3.63, 3.8) is 0 Å². The van der Waals surface area contributed by atoms with E-state index in [0.717, 1.165) is 25.0 Å². The van der Waals surface area contributed by atoms with Gasteiger partial charge in [0.15, 0.2) is 0 Å². The smallest absolute Gasteiger partial charge is 0.0221 e. The molecule has 1 aliphatic heterocycles. The van der Waals surface area contributed by atoms with Crippen LogP contribution in [0, 0.1) is 5.92 Å². The van der Waals surface area contributed by atoms with E-state index in [1.165, 1.54) is 69.2 Å². The number of nitrogens with one attached hydrogen (secondary N) is 1. The lowest BCUT2D eigenvalue weighted by Crippen LogP contribution is -2.41. The summed E-state index contributed by atoms with van der Waals surface area (Å²) < 4.78 is 0. The highest BCUT2D eigenvalue weighted by atomic mass is 15.2. The minimum Gasteiger partial charge on any atom is -0.311 e. The Morgan fingerprint density at radius 2 is 1.88 bits per heavy atom. The Morgan fingerprint density at radius 3 is 2.67 bits per heavy atom. The molecule has 0 aromatic heterocycles. The first-order valence-electron chi connectivity index (χ1n) is 9.98. The summed E-state index contributed by atoms with van der Waals surface area (Å²) in [6.07, 6.45) is 12.4. The molecule has 2 aliphatic rings.